The molecule has 1 N–H and O–H groups in total. The van der Waals surface area contributed by atoms with E-state index < -0.39 is 6.10 Å². The lowest BCUT2D eigenvalue weighted by molar-refractivity contribution is 0.152. The van der Waals surface area contributed by atoms with Gasteiger partial charge in [0.1, 0.15) is 0 Å². The second kappa shape index (κ2) is 10.5. The van der Waals surface area contributed by atoms with Crippen molar-refractivity contribution in [1.29, 1.82) is 0 Å². The van der Waals surface area contributed by atoms with Gasteiger partial charge in [-0.25, -0.2) is 9.67 Å². The van der Waals surface area contributed by atoms with Crippen LogP contribution in [0.1, 0.15) is 60.7 Å². The molecule has 0 spiro atoms. The fourth-order valence-corrected chi connectivity index (χ4v) is 6.29. The number of aliphatic hydroxyl groups excluding tert-OH is 1. The van der Waals surface area contributed by atoms with Crippen molar-refractivity contribution >= 4 is 21.9 Å². The zero-order valence-electron chi connectivity index (χ0n) is 24.4. The Morgan fingerprint density at radius 1 is 1.02 bits per heavy atom. The number of ether oxygens (including phenoxy) is 1. The van der Waals surface area contributed by atoms with Gasteiger partial charge in [0, 0.05) is 59.6 Å². The third kappa shape index (κ3) is 4.59. The van der Waals surface area contributed by atoms with E-state index >= 15 is 0 Å². The van der Waals surface area contributed by atoms with Gasteiger partial charge in [0.05, 0.1) is 41.8 Å². The summed E-state index contributed by atoms with van der Waals surface area (Å²) in [5.41, 5.74) is 8.70. The highest BCUT2D eigenvalue weighted by molar-refractivity contribution is 5.94. The SMILES string of the molecule is Cc1c(C(C)C)c(-c2cccc3nn(C[C@H](O)c4ccccc4)cc23)nn1-c1cc2cn(C)nc2nc1C1CCOC1. The number of nitrogens with zero attached hydrogens (tertiary/aromatic N) is 7. The van der Waals surface area contributed by atoms with Crippen molar-refractivity contribution in [2.75, 3.05) is 13.2 Å². The van der Waals surface area contributed by atoms with Gasteiger partial charge < -0.3 is 9.84 Å². The molecule has 1 saturated heterocycles. The van der Waals surface area contributed by atoms with Crippen LogP contribution in [0.15, 0.2) is 67.0 Å². The summed E-state index contributed by atoms with van der Waals surface area (Å²) in [5.74, 6) is 0.436. The molecule has 0 radical (unpaired) electrons. The summed E-state index contributed by atoms with van der Waals surface area (Å²) >= 11 is 0. The highest BCUT2D eigenvalue weighted by atomic mass is 16.5. The molecule has 2 aromatic carbocycles. The summed E-state index contributed by atoms with van der Waals surface area (Å²) in [6.07, 6.45) is 4.31. The molecule has 42 heavy (non-hydrogen) atoms. The van der Waals surface area contributed by atoms with Crippen molar-refractivity contribution in [3.63, 3.8) is 0 Å². The predicted molar refractivity (Wildman–Crippen MR) is 163 cm³/mol. The van der Waals surface area contributed by atoms with E-state index in [9.17, 15) is 5.11 Å². The number of aromatic nitrogens is 7. The molecule has 1 unspecified atom stereocenters. The van der Waals surface area contributed by atoms with E-state index in [1.165, 1.54) is 5.56 Å². The minimum absolute atomic E-state index is 0.193. The van der Waals surface area contributed by atoms with Crippen LogP contribution in [0.25, 0.3) is 38.9 Å². The smallest absolute Gasteiger partial charge is 0.181 e. The Morgan fingerprint density at radius 2 is 1.86 bits per heavy atom. The maximum Gasteiger partial charge on any atom is 0.181 e. The third-order valence-electron chi connectivity index (χ3n) is 8.30. The summed E-state index contributed by atoms with van der Waals surface area (Å²) in [6.45, 7) is 8.32. The van der Waals surface area contributed by atoms with Gasteiger partial charge in [0.15, 0.2) is 5.65 Å². The molecule has 9 nitrogen and oxygen atoms in total. The first-order valence-electron chi connectivity index (χ1n) is 14.6. The van der Waals surface area contributed by atoms with Crippen LogP contribution in [0.2, 0.25) is 0 Å². The second-order valence-corrected chi connectivity index (χ2v) is 11.6. The van der Waals surface area contributed by atoms with Gasteiger partial charge >= 0.3 is 0 Å². The fourth-order valence-electron chi connectivity index (χ4n) is 6.29. The molecule has 0 bridgehead atoms. The van der Waals surface area contributed by atoms with E-state index in [0.29, 0.717) is 13.2 Å². The van der Waals surface area contributed by atoms with Crippen LogP contribution in [0.5, 0.6) is 0 Å². The molecule has 214 valence electrons. The van der Waals surface area contributed by atoms with Crippen molar-refractivity contribution < 1.29 is 9.84 Å². The Labute approximate surface area is 244 Å². The lowest BCUT2D eigenvalue weighted by atomic mass is 9.95. The molecule has 1 aliphatic rings. The fraction of sp³-hybridized carbons (Fsp3) is 0.333. The third-order valence-corrected chi connectivity index (χ3v) is 8.30. The maximum atomic E-state index is 10.9. The Kier molecular flexibility index (Phi) is 6.63. The van der Waals surface area contributed by atoms with Crippen LogP contribution in [0.3, 0.4) is 0 Å². The van der Waals surface area contributed by atoms with Crippen LogP contribution in [0, 0.1) is 6.92 Å². The molecule has 0 saturated carbocycles. The van der Waals surface area contributed by atoms with Gasteiger partial charge in [-0.05, 0) is 37.0 Å². The number of fused-ring (bicyclic) bond motifs is 2. The van der Waals surface area contributed by atoms with Crippen LogP contribution in [0.4, 0.5) is 0 Å². The largest absolute Gasteiger partial charge is 0.386 e. The van der Waals surface area contributed by atoms with Gasteiger partial charge in [-0.3, -0.25) is 9.36 Å². The molecular formula is C33H35N7O2. The summed E-state index contributed by atoms with van der Waals surface area (Å²) in [6, 6.07) is 18.0. The van der Waals surface area contributed by atoms with Crippen molar-refractivity contribution in [1.82, 2.24) is 34.3 Å². The molecule has 0 aliphatic carbocycles. The minimum atomic E-state index is -0.649. The van der Waals surface area contributed by atoms with Gasteiger partial charge in [0.25, 0.3) is 0 Å². The monoisotopic (exact) mass is 561 g/mol. The first-order chi connectivity index (χ1) is 20.4. The summed E-state index contributed by atoms with van der Waals surface area (Å²) in [4.78, 5) is 5.05. The van der Waals surface area contributed by atoms with E-state index in [0.717, 1.165) is 68.9 Å². The van der Waals surface area contributed by atoms with Gasteiger partial charge in [-0.2, -0.15) is 15.3 Å². The van der Waals surface area contributed by atoms with E-state index in [2.05, 4.69) is 42.7 Å². The average molecular weight is 562 g/mol. The van der Waals surface area contributed by atoms with E-state index in [4.69, 9.17) is 19.9 Å². The molecular weight excluding hydrogens is 526 g/mol. The molecule has 1 fully saturated rings. The molecule has 7 rings (SSSR count). The number of aliphatic hydroxyl groups is 1. The summed E-state index contributed by atoms with van der Waals surface area (Å²) in [5, 5.41) is 27.6. The molecule has 6 aromatic rings. The highest BCUT2D eigenvalue weighted by Crippen LogP contribution is 2.38. The van der Waals surface area contributed by atoms with Gasteiger partial charge in [-0.1, -0.05) is 56.3 Å². The number of pyridine rings is 1. The zero-order valence-corrected chi connectivity index (χ0v) is 24.4. The topological polar surface area (TPSA) is 95.8 Å². The predicted octanol–water partition coefficient (Wildman–Crippen LogP) is 5.84. The minimum Gasteiger partial charge on any atom is -0.386 e. The molecule has 1 aliphatic heterocycles. The number of aryl methyl sites for hydroxylation is 1. The number of benzene rings is 2. The van der Waals surface area contributed by atoms with E-state index in [1.807, 2.05) is 71.3 Å². The van der Waals surface area contributed by atoms with Crippen molar-refractivity contribution in [3.8, 4) is 16.9 Å². The standard InChI is InChI=1S/C33H35N7O2/c1-20(2)30-21(3)40(28-15-24-16-38(4)37-33(24)34-31(28)23-13-14-42-19-23)36-32(30)25-11-8-12-27-26(25)17-39(35-27)18-29(41)22-9-6-5-7-10-22/h5-12,15-17,20,23,29,41H,13-14,18-19H2,1-4H3/t23?,29-/m0/s1. The van der Waals surface area contributed by atoms with Crippen molar-refractivity contribution in [2.24, 2.45) is 7.05 Å². The number of rotatable bonds is 7. The normalized spacial score (nSPS) is 16.3. The van der Waals surface area contributed by atoms with Gasteiger partial charge in [-0.15, -0.1) is 0 Å². The Bertz CT molecular complexity index is 1890. The molecule has 5 heterocycles. The summed E-state index contributed by atoms with van der Waals surface area (Å²) in [7, 11) is 1.92. The molecule has 4 aromatic heterocycles. The van der Waals surface area contributed by atoms with E-state index in [-0.39, 0.29) is 11.8 Å². The van der Waals surface area contributed by atoms with Gasteiger partial charge in [0.2, 0.25) is 0 Å². The summed E-state index contributed by atoms with van der Waals surface area (Å²) < 4.78 is 11.5. The van der Waals surface area contributed by atoms with Crippen molar-refractivity contribution in [3.05, 3.63) is 89.5 Å². The first-order valence-corrected chi connectivity index (χ1v) is 14.6. The van der Waals surface area contributed by atoms with Crippen LogP contribution in [-0.4, -0.2) is 52.6 Å². The average Bonchev–Trinajstić information content (AvgIpc) is 3.77. The lowest BCUT2D eigenvalue weighted by Gasteiger charge is -2.15. The first kappa shape index (κ1) is 26.6. The van der Waals surface area contributed by atoms with Crippen molar-refractivity contribution in [2.45, 2.75) is 51.7 Å². The number of hydrogen-bond acceptors (Lipinski definition) is 6. The Balaban J connectivity index is 1.36. The molecule has 9 heteroatoms. The highest BCUT2D eigenvalue weighted by Gasteiger charge is 2.28. The quantitative estimate of drug-likeness (QED) is 0.263. The molecule has 0 amide bonds. The van der Waals surface area contributed by atoms with Crippen LogP contribution >= 0.6 is 0 Å². The van der Waals surface area contributed by atoms with Crippen LogP contribution in [-0.2, 0) is 18.3 Å². The maximum absolute atomic E-state index is 10.9. The zero-order chi connectivity index (χ0) is 29.0. The lowest BCUT2D eigenvalue weighted by Crippen LogP contribution is -2.10. The molecule has 2 atom stereocenters. The number of hydrogen-bond donors (Lipinski definition) is 1. The Hall–Kier alpha value is -4.34. The Morgan fingerprint density at radius 3 is 2.62 bits per heavy atom. The van der Waals surface area contributed by atoms with Crippen LogP contribution < -0.4 is 0 Å². The second-order valence-electron chi connectivity index (χ2n) is 11.6. The van der Waals surface area contributed by atoms with E-state index in [1.54, 1.807) is 0 Å².